The van der Waals surface area contributed by atoms with E-state index in [-0.39, 0.29) is 24.2 Å². The maximum atomic E-state index is 11.5. The van der Waals surface area contributed by atoms with Crippen molar-refractivity contribution in [2.24, 2.45) is 5.41 Å². The highest BCUT2D eigenvalue weighted by Gasteiger charge is 2.45. The lowest BCUT2D eigenvalue weighted by Gasteiger charge is -2.41. The standard InChI is InChI=1S/C10H16O5/c1-9-5-13-4-8(11)3-10(12-2,14-6-9)15-7-9/h3-7H2,1-2H3. The molecule has 3 fully saturated rings. The Bertz CT molecular complexity index is 255. The predicted octanol–water partition coefficient (Wildman–Crippen LogP) is 0.329. The maximum Gasteiger partial charge on any atom is 0.290 e. The molecule has 0 radical (unpaired) electrons. The molecule has 0 aromatic rings. The number of carbonyl (C=O) groups excluding carboxylic acids is 1. The lowest BCUT2D eigenvalue weighted by molar-refractivity contribution is -0.408. The molecule has 2 bridgehead atoms. The largest absolute Gasteiger partial charge is 0.373 e. The molecule has 3 rings (SSSR count). The molecule has 0 unspecified atom stereocenters. The Morgan fingerprint density at radius 3 is 2.53 bits per heavy atom. The number of ether oxygens (including phenoxy) is 4. The molecule has 3 saturated heterocycles. The molecule has 0 aromatic carbocycles. The number of hydrogen-bond acceptors (Lipinski definition) is 5. The number of fused-ring (bicyclic) bond motifs is 6. The van der Waals surface area contributed by atoms with Crippen molar-refractivity contribution in [3.05, 3.63) is 0 Å². The first kappa shape index (κ1) is 11.0. The zero-order valence-electron chi connectivity index (χ0n) is 9.08. The number of hydrogen-bond donors (Lipinski definition) is 0. The number of ketones is 1. The quantitative estimate of drug-likeness (QED) is 0.632. The van der Waals surface area contributed by atoms with E-state index in [4.69, 9.17) is 18.9 Å². The van der Waals surface area contributed by atoms with Gasteiger partial charge in [0.25, 0.3) is 5.97 Å². The van der Waals surface area contributed by atoms with E-state index in [0.717, 1.165) is 0 Å². The van der Waals surface area contributed by atoms with Crippen LogP contribution >= 0.6 is 0 Å². The van der Waals surface area contributed by atoms with E-state index < -0.39 is 5.97 Å². The highest BCUT2D eigenvalue weighted by molar-refractivity contribution is 5.80. The summed E-state index contributed by atoms with van der Waals surface area (Å²) in [5.41, 5.74) is -0.188. The summed E-state index contributed by atoms with van der Waals surface area (Å²) in [5.74, 6) is -1.26. The Hall–Kier alpha value is -0.490. The van der Waals surface area contributed by atoms with Crippen molar-refractivity contribution in [3.63, 3.8) is 0 Å². The van der Waals surface area contributed by atoms with Gasteiger partial charge in [0.2, 0.25) is 0 Å². The zero-order valence-corrected chi connectivity index (χ0v) is 9.08. The highest BCUT2D eigenvalue weighted by atomic mass is 16.9. The van der Waals surface area contributed by atoms with Crippen LogP contribution in [0, 0.1) is 5.41 Å². The average molecular weight is 216 g/mol. The number of carbonyl (C=O) groups is 1. The van der Waals surface area contributed by atoms with Crippen molar-refractivity contribution in [2.75, 3.05) is 33.5 Å². The van der Waals surface area contributed by atoms with Gasteiger partial charge in [-0.1, -0.05) is 6.92 Å². The molecular weight excluding hydrogens is 200 g/mol. The van der Waals surface area contributed by atoms with Crippen LogP contribution in [0.5, 0.6) is 0 Å². The number of rotatable bonds is 1. The van der Waals surface area contributed by atoms with Gasteiger partial charge >= 0.3 is 0 Å². The van der Waals surface area contributed by atoms with Crippen LogP contribution in [0.4, 0.5) is 0 Å². The summed E-state index contributed by atoms with van der Waals surface area (Å²) < 4.78 is 21.5. The van der Waals surface area contributed by atoms with Gasteiger partial charge in [-0.15, -0.1) is 0 Å². The number of Topliss-reactive ketones (excluding diaryl/α,β-unsaturated/α-hetero) is 1. The second kappa shape index (κ2) is 3.83. The fourth-order valence-electron chi connectivity index (χ4n) is 1.73. The summed E-state index contributed by atoms with van der Waals surface area (Å²) in [6, 6.07) is 0. The van der Waals surface area contributed by atoms with Crippen LogP contribution in [0.1, 0.15) is 13.3 Å². The molecule has 0 saturated carbocycles. The van der Waals surface area contributed by atoms with E-state index in [9.17, 15) is 4.79 Å². The second-order valence-electron chi connectivity index (χ2n) is 4.48. The summed E-state index contributed by atoms with van der Waals surface area (Å²) in [5, 5.41) is 0. The average Bonchev–Trinajstić information content (AvgIpc) is 2.31. The maximum absolute atomic E-state index is 11.5. The monoisotopic (exact) mass is 216 g/mol. The summed E-state index contributed by atoms with van der Waals surface area (Å²) >= 11 is 0. The van der Waals surface area contributed by atoms with Gasteiger partial charge < -0.3 is 18.9 Å². The van der Waals surface area contributed by atoms with Crippen molar-refractivity contribution in [3.8, 4) is 0 Å². The minimum atomic E-state index is -1.19. The Kier molecular flexibility index (Phi) is 2.81. The van der Waals surface area contributed by atoms with Gasteiger partial charge in [0.15, 0.2) is 5.78 Å². The normalized spacial score (nSPS) is 42.1. The van der Waals surface area contributed by atoms with Gasteiger partial charge in [-0.25, -0.2) is 0 Å². The molecule has 0 atom stereocenters. The van der Waals surface area contributed by atoms with E-state index in [0.29, 0.717) is 19.8 Å². The molecule has 3 aliphatic rings. The first-order valence-corrected chi connectivity index (χ1v) is 5.00. The van der Waals surface area contributed by atoms with Crippen LogP contribution < -0.4 is 0 Å². The van der Waals surface area contributed by atoms with E-state index in [1.54, 1.807) is 0 Å². The second-order valence-corrected chi connectivity index (χ2v) is 4.48. The molecule has 0 aliphatic carbocycles. The Morgan fingerprint density at radius 2 is 1.93 bits per heavy atom. The molecule has 5 heteroatoms. The van der Waals surface area contributed by atoms with Crippen molar-refractivity contribution in [2.45, 2.75) is 19.3 Å². The van der Waals surface area contributed by atoms with E-state index in [1.807, 2.05) is 6.92 Å². The van der Waals surface area contributed by atoms with Crippen LogP contribution in [0.15, 0.2) is 0 Å². The molecule has 15 heavy (non-hydrogen) atoms. The van der Waals surface area contributed by atoms with Crippen molar-refractivity contribution in [1.29, 1.82) is 0 Å². The van der Waals surface area contributed by atoms with Gasteiger partial charge in [0.05, 0.1) is 26.2 Å². The minimum absolute atomic E-state index is 0.0667. The van der Waals surface area contributed by atoms with Crippen LogP contribution in [-0.4, -0.2) is 45.3 Å². The van der Waals surface area contributed by atoms with Gasteiger partial charge in [-0.05, 0) is 0 Å². The first-order chi connectivity index (χ1) is 7.08. The van der Waals surface area contributed by atoms with Gasteiger partial charge in [-0.2, -0.15) is 0 Å². The Labute approximate surface area is 88.6 Å². The lowest BCUT2D eigenvalue weighted by atomic mass is 9.93. The van der Waals surface area contributed by atoms with Crippen LogP contribution in [0.25, 0.3) is 0 Å². The summed E-state index contributed by atoms with van der Waals surface area (Å²) in [6.45, 7) is 3.54. The highest BCUT2D eigenvalue weighted by Crippen LogP contribution is 2.34. The van der Waals surface area contributed by atoms with Crippen molar-refractivity contribution < 1.29 is 23.7 Å². The topological polar surface area (TPSA) is 54.0 Å². The molecule has 0 amide bonds. The Balaban J connectivity index is 2.18. The fraction of sp³-hybridized carbons (Fsp3) is 0.900. The van der Waals surface area contributed by atoms with Crippen LogP contribution in [0.2, 0.25) is 0 Å². The molecule has 0 aromatic heterocycles. The number of methoxy groups -OCH3 is 1. The van der Waals surface area contributed by atoms with Crippen LogP contribution in [0.3, 0.4) is 0 Å². The van der Waals surface area contributed by atoms with Crippen molar-refractivity contribution >= 4 is 5.78 Å². The molecule has 0 N–H and O–H groups in total. The first-order valence-electron chi connectivity index (χ1n) is 5.00. The van der Waals surface area contributed by atoms with Gasteiger partial charge in [-0.3, -0.25) is 4.79 Å². The van der Waals surface area contributed by atoms with E-state index in [2.05, 4.69) is 0 Å². The van der Waals surface area contributed by atoms with Gasteiger partial charge in [0.1, 0.15) is 6.61 Å². The molecule has 86 valence electrons. The third-order valence-corrected chi connectivity index (χ3v) is 2.72. The van der Waals surface area contributed by atoms with Gasteiger partial charge in [0, 0.05) is 12.5 Å². The molecule has 5 nitrogen and oxygen atoms in total. The Morgan fingerprint density at radius 1 is 1.27 bits per heavy atom. The predicted molar refractivity (Wildman–Crippen MR) is 50.2 cm³/mol. The molecular formula is C10H16O5. The van der Waals surface area contributed by atoms with E-state index >= 15 is 0 Å². The zero-order chi connectivity index (χ0) is 10.9. The van der Waals surface area contributed by atoms with Crippen LogP contribution in [-0.2, 0) is 23.7 Å². The molecule has 0 spiro atoms. The summed E-state index contributed by atoms with van der Waals surface area (Å²) in [4.78, 5) is 11.5. The minimum Gasteiger partial charge on any atom is -0.373 e. The SMILES string of the molecule is COC12CC(=O)COCC(C)(CO1)CO2. The smallest absolute Gasteiger partial charge is 0.290 e. The summed E-state index contributed by atoms with van der Waals surface area (Å²) in [6.07, 6.45) is 0.0829. The third-order valence-electron chi connectivity index (χ3n) is 2.72. The molecule has 3 aliphatic heterocycles. The molecule has 3 heterocycles. The summed E-state index contributed by atoms with van der Waals surface area (Å²) in [7, 11) is 1.48. The lowest BCUT2D eigenvalue weighted by Crippen LogP contribution is -2.51. The third kappa shape index (κ3) is 2.20. The van der Waals surface area contributed by atoms with Crippen molar-refractivity contribution in [1.82, 2.24) is 0 Å². The fourth-order valence-corrected chi connectivity index (χ4v) is 1.73. The van der Waals surface area contributed by atoms with E-state index in [1.165, 1.54) is 7.11 Å².